The number of amides is 1. The van der Waals surface area contributed by atoms with E-state index in [-0.39, 0.29) is 11.7 Å². The van der Waals surface area contributed by atoms with E-state index in [2.05, 4.69) is 11.9 Å². The highest BCUT2D eigenvalue weighted by Gasteiger charge is 2.45. The number of carbonyl (C=O) groups is 1. The molecule has 136 valence electrons. The first kappa shape index (κ1) is 19.2. The molecule has 0 radical (unpaired) electrons. The molecular weight excluding hydrogens is 312 g/mol. The third-order valence-corrected chi connectivity index (χ3v) is 4.70. The molecule has 0 saturated heterocycles. The Morgan fingerprint density at radius 1 is 1.08 bits per heavy atom. The maximum atomic E-state index is 12.8. The van der Waals surface area contributed by atoms with Gasteiger partial charge in [0.05, 0.1) is 5.57 Å². The molecule has 1 heterocycles. The van der Waals surface area contributed by atoms with Crippen LogP contribution in [0.4, 0.5) is 5.69 Å². The van der Waals surface area contributed by atoms with Crippen LogP contribution in [0.2, 0.25) is 0 Å². The lowest BCUT2D eigenvalue weighted by molar-refractivity contribution is -0.114. The Hall–Kier alpha value is -2.10. The van der Waals surface area contributed by atoms with Crippen molar-refractivity contribution in [3.63, 3.8) is 0 Å². The molecule has 0 aromatic heterocycles. The van der Waals surface area contributed by atoms with E-state index in [0.717, 1.165) is 18.5 Å². The van der Waals surface area contributed by atoms with Crippen molar-refractivity contribution in [1.29, 1.82) is 0 Å². The zero-order valence-electron chi connectivity index (χ0n) is 15.7. The first-order chi connectivity index (χ1) is 12.0. The quantitative estimate of drug-likeness (QED) is 0.504. The first-order valence-electron chi connectivity index (χ1n) is 9.33. The minimum absolute atomic E-state index is 0.0908. The molecule has 0 aliphatic carbocycles. The van der Waals surface area contributed by atoms with Gasteiger partial charge in [0.15, 0.2) is 0 Å². The maximum Gasteiger partial charge on any atom is 0.264 e. The second-order valence-electron chi connectivity index (χ2n) is 7.10. The van der Waals surface area contributed by atoms with Crippen LogP contribution in [0.3, 0.4) is 0 Å². The topological polar surface area (TPSA) is 52.9 Å². The molecule has 1 amide bonds. The van der Waals surface area contributed by atoms with Gasteiger partial charge in [0.1, 0.15) is 11.3 Å². The van der Waals surface area contributed by atoms with Gasteiger partial charge in [-0.25, -0.2) is 0 Å². The van der Waals surface area contributed by atoms with Crippen LogP contribution in [0.25, 0.3) is 0 Å². The fraction of sp³-hybridized carbons (Fsp3) is 0.524. The van der Waals surface area contributed by atoms with Gasteiger partial charge in [-0.1, -0.05) is 57.2 Å². The van der Waals surface area contributed by atoms with Crippen molar-refractivity contribution in [2.24, 2.45) is 4.99 Å². The third kappa shape index (κ3) is 4.50. The lowest BCUT2D eigenvalue weighted by atomic mass is 10.0. The normalized spacial score (nSPS) is 17.1. The predicted molar refractivity (Wildman–Crippen MR) is 104 cm³/mol. The van der Waals surface area contributed by atoms with Crippen molar-refractivity contribution in [2.75, 3.05) is 11.4 Å². The summed E-state index contributed by atoms with van der Waals surface area (Å²) in [6.45, 7) is 6.61. The van der Waals surface area contributed by atoms with E-state index >= 15 is 0 Å². The molecule has 4 heteroatoms. The van der Waals surface area contributed by atoms with Gasteiger partial charge in [-0.15, -0.1) is 0 Å². The summed E-state index contributed by atoms with van der Waals surface area (Å²) in [5.41, 5.74) is 0.322. The Kier molecular flexibility index (Phi) is 6.80. The molecule has 0 unspecified atom stereocenters. The number of unbranched alkanes of at least 4 members (excludes halogenated alkanes) is 5. The van der Waals surface area contributed by atoms with Gasteiger partial charge in [-0.05, 0) is 32.4 Å². The molecule has 1 aliphatic rings. The van der Waals surface area contributed by atoms with E-state index in [1.165, 1.54) is 25.7 Å². The van der Waals surface area contributed by atoms with Gasteiger partial charge in [-0.2, -0.15) is 0 Å². The fourth-order valence-electron chi connectivity index (χ4n) is 3.18. The van der Waals surface area contributed by atoms with Crippen molar-refractivity contribution in [1.82, 2.24) is 0 Å². The molecule has 25 heavy (non-hydrogen) atoms. The zero-order chi connectivity index (χ0) is 18.3. The summed E-state index contributed by atoms with van der Waals surface area (Å²) in [4.78, 5) is 18.8. The maximum absolute atomic E-state index is 12.8. The van der Waals surface area contributed by atoms with Crippen LogP contribution in [-0.2, 0) is 4.79 Å². The van der Waals surface area contributed by atoms with E-state index < -0.39 is 5.54 Å². The SMILES string of the molecule is CCCCCCCCN=CC1=C(O)C(C)(C)N(c2ccccc2)C1=O. The van der Waals surface area contributed by atoms with Crippen LogP contribution in [0.5, 0.6) is 0 Å². The Labute approximate surface area is 151 Å². The van der Waals surface area contributed by atoms with Gasteiger partial charge in [0, 0.05) is 18.4 Å². The van der Waals surface area contributed by atoms with Crippen molar-refractivity contribution in [3.05, 3.63) is 41.7 Å². The number of hydrogen-bond acceptors (Lipinski definition) is 3. The van der Waals surface area contributed by atoms with E-state index in [9.17, 15) is 9.90 Å². The highest BCUT2D eigenvalue weighted by Crippen LogP contribution is 2.36. The van der Waals surface area contributed by atoms with Gasteiger partial charge < -0.3 is 5.11 Å². The Bertz CT molecular complexity index is 633. The summed E-state index contributed by atoms with van der Waals surface area (Å²) in [6.07, 6.45) is 8.81. The number of aliphatic imine (C=N–C) groups is 1. The number of aliphatic hydroxyl groups is 1. The molecule has 0 bridgehead atoms. The smallest absolute Gasteiger partial charge is 0.264 e. The summed E-state index contributed by atoms with van der Waals surface area (Å²) in [5, 5.41) is 10.5. The van der Waals surface area contributed by atoms with Crippen molar-refractivity contribution in [2.45, 2.75) is 64.8 Å². The van der Waals surface area contributed by atoms with E-state index in [1.807, 2.05) is 44.2 Å². The number of carbonyl (C=O) groups excluding carboxylic acids is 1. The Morgan fingerprint density at radius 3 is 2.40 bits per heavy atom. The van der Waals surface area contributed by atoms with Crippen LogP contribution in [-0.4, -0.2) is 29.3 Å². The second kappa shape index (κ2) is 8.84. The molecule has 1 aromatic rings. The van der Waals surface area contributed by atoms with Crippen LogP contribution in [0.1, 0.15) is 59.3 Å². The number of anilines is 1. The standard InChI is InChI=1S/C21H30N2O2/c1-4-5-6-7-8-12-15-22-16-18-19(24)21(2,3)23(20(18)25)17-13-10-9-11-14-17/h9-11,13-14,16,24H,4-8,12,15H2,1-3H3. The van der Waals surface area contributed by atoms with Crippen molar-refractivity contribution < 1.29 is 9.90 Å². The number of hydrogen-bond donors (Lipinski definition) is 1. The number of nitrogens with zero attached hydrogens (tertiary/aromatic N) is 2. The van der Waals surface area contributed by atoms with Gasteiger partial charge in [-0.3, -0.25) is 14.7 Å². The Balaban J connectivity index is 1.97. The van der Waals surface area contributed by atoms with Crippen molar-refractivity contribution >= 4 is 17.8 Å². The third-order valence-electron chi connectivity index (χ3n) is 4.70. The minimum Gasteiger partial charge on any atom is -0.509 e. The second-order valence-corrected chi connectivity index (χ2v) is 7.10. The average Bonchev–Trinajstić information content (AvgIpc) is 2.77. The molecule has 1 aromatic carbocycles. The predicted octanol–water partition coefficient (Wildman–Crippen LogP) is 5.06. The first-order valence-corrected chi connectivity index (χ1v) is 9.33. The molecule has 2 rings (SSSR count). The summed E-state index contributed by atoms with van der Waals surface area (Å²) < 4.78 is 0. The molecule has 1 N–H and O–H groups in total. The van der Waals surface area contributed by atoms with Crippen molar-refractivity contribution in [3.8, 4) is 0 Å². The number of rotatable bonds is 9. The van der Waals surface area contributed by atoms with Gasteiger partial charge >= 0.3 is 0 Å². The number of benzene rings is 1. The minimum atomic E-state index is -0.764. The Morgan fingerprint density at radius 2 is 1.72 bits per heavy atom. The summed E-state index contributed by atoms with van der Waals surface area (Å²) in [5.74, 6) is -0.103. The lowest BCUT2D eigenvalue weighted by Crippen LogP contribution is -2.43. The fourth-order valence-corrected chi connectivity index (χ4v) is 3.18. The van der Waals surface area contributed by atoms with E-state index in [4.69, 9.17) is 0 Å². The molecule has 1 aliphatic heterocycles. The largest absolute Gasteiger partial charge is 0.509 e. The molecular formula is C21H30N2O2. The highest BCUT2D eigenvalue weighted by molar-refractivity contribution is 6.22. The lowest BCUT2D eigenvalue weighted by Gasteiger charge is -2.32. The molecule has 0 atom stereocenters. The molecule has 0 fully saturated rings. The van der Waals surface area contributed by atoms with Gasteiger partial charge in [0.25, 0.3) is 5.91 Å². The number of para-hydroxylation sites is 1. The molecule has 0 saturated carbocycles. The number of aliphatic hydroxyl groups excluding tert-OH is 1. The van der Waals surface area contributed by atoms with Gasteiger partial charge in [0.2, 0.25) is 0 Å². The van der Waals surface area contributed by atoms with Crippen LogP contribution in [0.15, 0.2) is 46.7 Å². The van der Waals surface area contributed by atoms with Crippen LogP contribution in [0, 0.1) is 0 Å². The molecule has 4 nitrogen and oxygen atoms in total. The summed E-state index contributed by atoms with van der Waals surface area (Å²) in [7, 11) is 0. The summed E-state index contributed by atoms with van der Waals surface area (Å²) >= 11 is 0. The van der Waals surface area contributed by atoms with Crippen LogP contribution < -0.4 is 4.90 Å². The zero-order valence-corrected chi connectivity index (χ0v) is 15.7. The summed E-state index contributed by atoms with van der Waals surface area (Å²) in [6, 6.07) is 9.45. The molecule has 0 spiro atoms. The monoisotopic (exact) mass is 342 g/mol. The highest BCUT2D eigenvalue weighted by atomic mass is 16.3. The van der Waals surface area contributed by atoms with E-state index in [1.54, 1.807) is 11.1 Å². The average molecular weight is 342 g/mol. The van der Waals surface area contributed by atoms with Crippen LogP contribution >= 0.6 is 0 Å². The van der Waals surface area contributed by atoms with E-state index in [0.29, 0.717) is 12.1 Å².